The van der Waals surface area contributed by atoms with E-state index in [9.17, 15) is 9.59 Å². The molecule has 1 aliphatic rings. The van der Waals surface area contributed by atoms with Gasteiger partial charge in [0.05, 0.1) is 3.81 Å². The molecule has 0 bridgehead atoms. The lowest BCUT2D eigenvalue weighted by Gasteiger charge is -2.27. The topological polar surface area (TPSA) is 75.4 Å². The summed E-state index contributed by atoms with van der Waals surface area (Å²) in [5.41, 5.74) is 6.77. The third-order valence-electron chi connectivity index (χ3n) is 3.47. The van der Waals surface area contributed by atoms with Crippen molar-refractivity contribution in [3.8, 4) is 0 Å². The van der Waals surface area contributed by atoms with Crippen molar-refractivity contribution in [3.63, 3.8) is 0 Å². The molecule has 0 atom stereocenters. The van der Waals surface area contributed by atoms with Crippen LogP contribution in [0.2, 0.25) is 0 Å². The predicted octanol–water partition coefficient (Wildman–Crippen LogP) is 2.50. The van der Waals surface area contributed by atoms with E-state index < -0.39 is 0 Å². The minimum atomic E-state index is -0.369. The van der Waals surface area contributed by atoms with Crippen LogP contribution in [0.1, 0.15) is 29.6 Å². The maximum Gasteiger partial charge on any atom is 0.272 e. The summed E-state index contributed by atoms with van der Waals surface area (Å²) in [5.74, 6) is -0.586. The Kier molecular flexibility index (Phi) is 5.90. The first-order valence-electron chi connectivity index (χ1n) is 7.04. The first-order chi connectivity index (χ1) is 10.5. The highest BCUT2D eigenvalue weighted by molar-refractivity contribution is 9.13. The zero-order valence-corrected chi connectivity index (χ0v) is 14.5. The van der Waals surface area contributed by atoms with Gasteiger partial charge in [0, 0.05) is 24.3 Å². The molecule has 0 aliphatic carbocycles. The molecular formula is C15H18BrN3O2S. The van der Waals surface area contributed by atoms with Gasteiger partial charge < -0.3 is 16.0 Å². The van der Waals surface area contributed by atoms with Crippen LogP contribution in [0, 0.1) is 0 Å². The number of nitrogen functional groups attached to an aromatic ring is 1. The normalized spacial score (nSPS) is 16.0. The zero-order valence-electron chi connectivity index (χ0n) is 12.0. The molecule has 3 N–H and O–H groups in total. The molecule has 1 aromatic carbocycles. The monoisotopic (exact) mass is 383 g/mol. The van der Waals surface area contributed by atoms with E-state index in [0.717, 1.165) is 19.3 Å². The lowest BCUT2D eigenvalue weighted by molar-refractivity contribution is -0.128. The number of halogens is 1. The van der Waals surface area contributed by atoms with Crippen molar-refractivity contribution in [2.45, 2.75) is 19.3 Å². The molecule has 0 saturated carbocycles. The van der Waals surface area contributed by atoms with Crippen LogP contribution in [-0.4, -0.2) is 29.8 Å². The fourth-order valence-electron chi connectivity index (χ4n) is 2.27. The van der Waals surface area contributed by atoms with Crippen molar-refractivity contribution in [1.82, 2.24) is 10.2 Å². The van der Waals surface area contributed by atoms with Gasteiger partial charge in [0.25, 0.3) is 11.8 Å². The van der Waals surface area contributed by atoms with E-state index in [1.807, 2.05) is 0 Å². The molecule has 0 spiro atoms. The van der Waals surface area contributed by atoms with Gasteiger partial charge in [-0.2, -0.15) is 0 Å². The highest BCUT2D eigenvalue weighted by Crippen LogP contribution is 2.19. The van der Waals surface area contributed by atoms with Gasteiger partial charge in [0.1, 0.15) is 5.70 Å². The second kappa shape index (κ2) is 7.69. The smallest absolute Gasteiger partial charge is 0.272 e. The lowest BCUT2D eigenvalue weighted by Crippen LogP contribution is -2.41. The number of nitrogens with two attached hydrogens (primary N) is 1. The summed E-state index contributed by atoms with van der Waals surface area (Å²) in [4.78, 5) is 26.5. The summed E-state index contributed by atoms with van der Waals surface area (Å²) < 4.78 is 0.312. The van der Waals surface area contributed by atoms with Crippen LogP contribution >= 0.6 is 28.6 Å². The minimum Gasteiger partial charge on any atom is -0.399 e. The van der Waals surface area contributed by atoms with Crippen molar-refractivity contribution < 1.29 is 9.59 Å². The van der Waals surface area contributed by atoms with Crippen LogP contribution in [0.4, 0.5) is 5.69 Å². The standard InChI is InChI=1S/C15H18BrN3O2S/c16-13(22)12(15(21)19-8-2-1-3-9-19)18-14(20)10-4-6-11(17)7-5-10/h4-7,22H,1-3,8-9,17H2,(H,18,20)/b13-12+. The molecule has 1 aromatic rings. The van der Waals surface area contributed by atoms with Gasteiger partial charge in [-0.3, -0.25) is 9.59 Å². The number of nitrogens with one attached hydrogen (secondary N) is 1. The van der Waals surface area contributed by atoms with E-state index in [4.69, 9.17) is 5.73 Å². The Morgan fingerprint density at radius 2 is 1.73 bits per heavy atom. The lowest BCUT2D eigenvalue weighted by atomic mass is 10.1. The quantitative estimate of drug-likeness (QED) is 0.426. The molecule has 1 aliphatic heterocycles. The fourth-order valence-corrected chi connectivity index (χ4v) is 2.69. The van der Waals surface area contributed by atoms with Crippen LogP contribution < -0.4 is 11.1 Å². The highest BCUT2D eigenvalue weighted by atomic mass is 79.9. The van der Waals surface area contributed by atoms with Gasteiger partial charge in [-0.15, -0.1) is 12.6 Å². The number of carbonyl (C=O) groups is 2. The number of hydrogen-bond donors (Lipinski definition) is 3. The summed E-state index contributed by atoms with van der Waals surface area (Å²) in [5, 5.41) is 2.63. The molecule has 0 radical (unpaired) electrons. The molecule has 22 heavy (non-hydrogen) atoms. The first-order valence-corrected chi connectivity index (χ1v) is 8.28. The van der Waals surface area contributed by atoms with Gasteiger partial charge in [0.15, 0.2) is 0 Å². The van der Waals surface area contributed by atoms with E-state index in [2.05, 4.69) is 33.9 Å². The van der Waals surface area contributed by atoms with Crippen LogP contribution in [0.3, 0.4) is 0 Å². The third-order valence-corrected chi connectivity index (χ3v) is 4.09. The Balaban J connectivity index is 2.12. The molecule has 2 rings (SSSR count). The second-order valence-electron chi connectivity index (χ2n) is 5.09. The number of rotatable bonds is 3. The summed E-state index contributed by atoms with van der Waals surface area (Å²) in [6.07, 6.45) is 3.09. The summed E-state index contributed by atoms with van der Waals surface area (Å²) in [7, 11) is 0. The average molecular weight is 384 g/mol. The van der Waals surface area contributed by atoms with Gasteiger partial charge in [-0.05, 0) is 59.5 Å². The molecule has 0 aromatic heterocycles. The Morgan fingerprint density at radius 3 is 2.27 bits per heavy atom. The first kappa shape index (κ1) is 16.9. The number of nitrogens with zero attached hydrogens (tertiary/aromatic N) is 1. The van der Waals surface area contributed by atoms with Gasteiger partial charge >= 0.3 is 0 Å². The van der Waals surface area contributed by atoms with Crippen LogP contribution in [0.15, 0.2) is 33.8 Å². The number of benzene rings is 1. The number of likely N-dealkylation sites (tertiary alicyclic amines) is 1. The summed E-state index contributed by atoms with van der Waals surface area (Å²) in [6, 6.07) is 6.50. The summed E-state index contributed by atoms with van der Waals surface area (Å²) >= 11 is 7.35. The molecule has 1 heterocycles. The Hall–Kier alpha value is -1.47. The van der Waals surface area contributed by atoms with Crippen molar-refractivity contribution in [3.05, 3.63) is 39.3 Å². The van der Waals surface area contributed by atoms with Gasteiger partial charge in [-0.1, -0.05) is 0 Å². The molecule has 7 heteroatoms. The minimum absolute atomic E-state index is 0.159. The van der Waals surface area contributed by atoms with Crippen molar-refractivity contribution in [1.29, 1.82) is 0 Å². The SMILES string of the molecule is Nc1ccc(C(=O)N/C(C(=O)N2CCCCC2)=C(/S)Br)cc1. The van der Waals surface area contributed by atoms with Crippen molar-refractivity contribution in [2.75, 3.05) is 18.8 Å². The molecular weight excluding hydrogens is 366 g/mol. The third kappa shape index (κ3) is 4.27. The van der Waals surface area contributed by atoms with Gasteiger partial charge in [0.2, 0.25) is 0 Å². The fraction of sp³-hybridized carbons (Fsp3) is 0.333. The largest absolute Gasteiger partial charge is 0.399 e. The maximum atomic E-state index is 12.5. The van der Waals surface area contributed by atoms with Crippen LogP contribution in [0.25, 0.3) is 0 Å². The molecule has 1 saturated heterocycles. The van der Waals surface area contributed by atoms with E-state index in [1.54, 1.807) is 29.2 Å². The Labute approximate surface area is 143 Å². The predicted molar refractivity (Wildman–Crippen MR) is 93.7 cm³/mol. The summed E-state index contributed by atoms with van der Waals surface area (Å²) in [6.45, 7) is 1.41. The number of piperidine rings is 1. The number of thiol groups is 1. The molecule has 0 unspecified atom stereocenters. The highest BCUT2D eigenvalue weighted by Gasteiger charge is 2.23. The Morgan fingerprint density at radius 1 is 1.14 bits per heavy atom. The number of anilines is 1. The molecule has 1 fully saturated rings. The number of carbonyl (C=O) groups excluding carboxylic acids is 2. The molecule has 118 valence electrons. The zero-order chi connectivity index (χ0) is 16.1. The van der Waals surface area contributed by atoms with Crippen LogP contribution in [-0.2, 0) is 4.79 Å². The number of amides is 2. The molecule has 2 amide bonds. The second-order valence-corrected chi connectivity index (χ2v) is 6.95. The van der Waals surface area contributed by atoms with E-state index in [0.29, 0.717) is 28.2 Å². The average Bonchev–Trinajstić information content (AvgIpc) is 2.53. The van der Waals surface area contributed by atoms with Crippen LogP contribution in [0.5, 0.6) is 0 Å². The van der Waals surface area contributed by atoms with Gasteiger partial charge in [-0.25, -0.2) is 0 Å². The van der Waals surface area contributed by atoms with Crippen molar-refractivity contribution >= 4 is 46.1 Å². The van der Waals surface area contributed by atoms with E-state index >= 15 is 0 Å². The number of hydrogen-bond acceptors (Lipinski definition) is 4. The van der Waals surface area contributed by atoms with E-state index in [1.165, 1.54) is 0 Å². The van der Waals surface area contributed by atoms with Crippen molar-refractivity contribution in [2.24, 2.45) is 0 Å². The molecule has 5 nitrogen and oxygen atoms in total. The Bertz CT molecular complexity index is 591. The van der Waals surface area contributed by atoms with E-state index in [-0.39, 0.29) is 17.5 Å². The maximum absolute atomic E-state index is 12.5.